The van der Waals surface area contributed by atoms with Crippen LogP contribution < -0.4 is 5.32 Å². The first kappa shape index (κ1) is 12.6. The smallest absolute Gasteiger partial charge is 0.254 e. The predicted molar refractivity (Wildman–Crippen MR) is 58.8 cm³/mol. The van der Waals surface area contributed by atoms with E-state index in [1.807, 2.05) is 0 Å². The maximum Gasteiger partial charge on any atom is 0.254 e. The zero-order valence-corrected chi connectivity index (χ0v) is 9.42. The third kappa shape index (κ3) is 3.03. The van der Waals surface area contributed by atoms with Crippen LogP contribution in [0.1, 0.15) is 23.7 Å². The van der Waals surface area contributed by atoms with Gasteiger partial charge in [-0.3, -0.25) is 9.59 Å². The van der Waals surface area contributed by atoms with Crippen LogP contribution in [-0.4, -0.2) is 17.2 Å². The SMILES string of the molecule is CCC(NC(=O)c1ccccc1F)C(=O)Cl. The van der Waals surface area contributed by atoms with Gasteiger partial charge in [0.1, 0.15) is 11.9 Å². The number of nitrogens with one attached hydrogen (secondary N) is 1. The molecule has 0 aliphatic rings. The molecule has 1 amide bonds. The fourth-order valence-corrected chi connectivity index (χ4v) is 1.41. The van der Waals surface area contributed by atoms with Crippen molar-refractivity contribution in [2.24, 2.45) is 0 Å². The molecule has 0 heterocycles. The van der Waals surface area contributed by atoms with E-state index in [1.165, 1.54) is 18.2 Å². The second kappa shape index (κ2) is 5.61. The average Bonchev–Trinajstić information content (AvgIpc) is 2.25. The summed E-state index contributed by atoms with van der Waals surface area (Å²) in [5.41, 5.74) is -0.0983. The molecule has 1 rings (SSSR count). The molecule has 86 valence electrons. The number of hydrogen-bond donors (Lipinski definition) is 1. The summed E-state index contributed by atoms with van der Waals surface area (Å²) < 4.78 is 13.2. The van der Waals surface area contributed by atoms with Crippen LogP contribution in [0.3, 0.4) is 0 Å². The molecule has 0 aliphatic heterocycles. The summed E-state index contributed by atoms with van der Waals surface area (Å²) >= 11 is 5.27. The molecule has 3 nitrogen and oxygen atoms in total. The number of halogens is 2. The Labute approximate surface area is 97.6 Å². The lowest BCUT2D eigenvalue weighted by atomic mass is 10.1. The Bertz CT molecular complexity index is 409. The summed E-state index contributed by atoms with van der Waals surface area (Å²) in [6.07, 6.45) is 0.364. The van der Waals surface area contributed by atoms with Crippen LogP contribution in [0.15, 0.2) is 24.3 Å². The van der Waals surface area contributed by atoms with Crippen molar-refractivity contribution in [1.29, 1.82) is 0 Å². The molecule has 1 atom stereocenters. The van der Waals surface area contributed by atoms with Crippen molar-refractivity contribution >= 4 is 22.8 Å². The highest BCUT2D eigenvalue weighted by Crippen LogP contribution is 2.07. The summed E-state index contributed by atoms with van der Waals surface area (Å²) in [6.45, 7) is 1.70. The van der Waals surface area contributed by atoms with Crippen molar-refractivity contribution in [1.82, 2.24) is 5.32 Å². The topological polar surface area (TPSA) is 46.2 Å². The van der Waals surface area contributed by atoms with Crippen LogP contribution in [0.5, 0.6) is 0 Å². The van der Waals surface area contributed by atoms with E-state index in [9.17, 15) is 14.0 Å². The van der Waals surface area contributed by atoms with Gasteiger partial charge in [-0.1, -0.05) is 19.1 Å². The number of rotatable bonds is 4. The molecule has 1 unspecified atom stereocenters. The lowest BCUT2D eigenvalue weighted by Crippen LogP contribution is -2.38. The van der Waals surface area contributed by atoms with Crippen LogP contribution in [0, 0.1) is 5.82 Å². The van der Waals surface area contributed by atoms with Crippen molar-refractivity contribution < 1.29 is 14.0 Å². The van der Waals surface area contributed by atoms with E-state index in [4.69, 9.17) is 11.6 Å². The second-order valence-corrected chi connectivity index (χ2v) is 3.59. The number of amides is 1. The molecule has 0 radical (unpaired) electrons. The fourth-order valence-electron chi connectivity index (χ4n) is 1.20. The molecule has 0 saturated heterocycles. The Hall–Kier alpha value is -1.42. The monoisotopic (exact) mass is 243 g/mol. The van der Waals surface area contributed by atoms with Gasteiger partial charge in [0.25, 0.3) is 5.91 Å². The predicted octanol–water partition coefficient (Wildman–Crippen LogP) is 2.10. The largest absolute Gasteiger partial charge is 0.341 e. The maximum atomic E-state index is 13.2. The van der Waals surface area contributed by atoms with Gasteiger partial charge in [-0.15, -0.1) is 0 Å². The highest BCUT2D eigenvalue weighted by Gasteiger charge is 2.19. The quantitative estimate of drug-likeness (QED) is 0.824. The highest BCUT2D eigenvalue weighted by atomic mass is 35.5. The van der Waals surface area contributed by atoms with Gasteiger partial charge >= 0.3 is 0 Å². The Balaban J connectivity index is 2.80. The molecular weight excluding hydrogens is 233 g/mol. The van der Waals surface area contributed by atoms with Gasteiger partial charge in [-0.25, -0.2) is 4.39 Å². The van der Waals surface area contributed by atoms with Crippen LogP contribution in [-0.2, 0) is 4.79 Å². The summed E-state index contributed by atoms with van der Waals surface area (Å²) in [6, 6.07) is 4.76. The minimum Gasteiger partial charge on any atom is -0.341 e. The van der Waals surface area contributed by atoms with Gasteiger partial charge in [0.05, 0.1) is 5.56 Å². The van der Waals surface area contributed by atoms with Crippen LogP contribution in [0.25, 0.3) is 0 Å². The first-order valence-corrected chi connectivity index (χ1v) is 5.18. The van der Waals surface area contributed by atoms with Gasteiger partial charge in [-0.2, -0.15) is 0 Å². The molecule has 0 spiro atoms. The minimum absolute atomic E-state index is 0.0983. The lowest BCUT2D eigenvalue weighted by molar-refractivity contribution is -0.113. The average molecular weight is 244 g/mol. The Morgan fingerprint density at radius 3 is 2.56 bits per heavy atom. The Morgan fingerprint density at radius 2 is 2.06 bits per heavy atom. The summed E-state index contributed by atoms with van der Waals surface area (Å²) in [7, 11) is 0. The first-order valence-electron chi connectivity index (χ1n) is 4.81. The Kier molecular flexibility index (Phi) is 4.43. The number of hydrogen-bond acceptors (Lipinski definition) is 2. The third-order valence-corrected chi connectivity index (χ3v) is 2.37. The molecule has 16 heavy (non-hydrogen) atoms. The molecule has 1 aromatic rings. The first-order chi connectivity index (χ1) is 7.56. The fraction of sp³-hybridized carbons (Fsp3) is 0.273. The maximum absolute atomic E-state index is 13.2. The van der Waals surface area contributed by atoms with Gasteiger partial charge in [-0.05, 0) is 30.2 Å². The van der Waals surface area contributed by atoms with Gasteiger partial charge in [0.2, 0.25) is 5.24 Å². The van der Waals surface area contributed by atoms with Gasteiger partial charge in [0.15, 0.2) is 0 Å². The summed E-state index contributed by atoms with van der Waals surface area (Å²) in [4.78, 5) is 22.5. The third-order valence-electron chi connectivity index (χ3n) is 2.11. The van der Waals surface area contributed by atoms with E-state index < -0.39 is 23.0 Å². The molecular formula is C11H11ClFNO2. The van der Waals surface area contributed by atoms with Crippen molar-refractivity contribution in [3.8, 4) is 0 Å². The molecule has 1 N–H and O–H groups in total. The van der Waals surface area contributed by atoms with E-state index in [2.05, 4.69) is 5.32 Å². The summed E-state index contributed by atoms with van der Waals surface area (Å²) in [5, 5.41) is 1.70. The minimum atomic E-state index is -0.784. The van der Waals surface area contributed by atoms with Crippen molar-refractivity contribution in [2.45, 2.75) is 19.4 Å². The van der Waals surface area contributed by atoms with Crippen LogP contribution in [0.4, 0.5) is 4.39 Å². The Morgan fingerprint density at radius 1 is 1.44 bits per heavy atom. The number of benzene rings is 1. The van der Waals surface area contributed by atoms with E-state index in [0.717, 1.165) is 0 Å². The molecule has 1 aromatic carbocycles. The van der Waals surface area contributed by atoms with E-state index in [0.29, 0.717) is 6.42 Å². The molecule has 0 bridgehead atoms. The van der Waals surface area contributed by atoms with Gasteiger partial charge < -0.3 is 5.32 Å². The van der Waals surface area contributed by atoms with Gasteiger partial charge in [0, 0.05) is 0 Å². The molecule has 0 saturated carbocycles. The normalized spacial score (nSPS) is 11.9. The van der Waals surface area contributed by atoms with E-state index in [-0.39, 0.29) is 5.56 Å². The van der Waals surface area contributed by atoms with Crippen molar-refractivity contribution in [2.75, 3.05) is 0 Å². The van der Waals surface area contributed by atoms with Crippen LogP contribution in [0.2, 0.25) is 0 Å². The molecule has 0 aromatic heterocycles. The molecule has 0 aliphatic carbocycles. The summed E-state index contributed by atoms with van der Waals surface area (Å²) in [5.74, 6) is -1.27. The number of carbonyl (C=O) groups is 2. The standard InChI is InChI=1S/C11H11ClFNO2/c1-2-9(10(12)15)14-11(16)7-5-3-4-6-8(7)13/h3-6,9H,2H2,1H3,(H,14,16). The molecule has 0 fully saturated rings. The van der Waals surface area contributed by atoms with Crippen molar-refractivity contribution in [3.05, 3.63) is 35.6 Å². The highest BCUT2D eigenvalue weighted by molar-refractivity contribution is 6.64. The zero-order valence-electron chi connectivity index (χ0n) is 8.67. The van der Waals surface area contributed by atoms with Crippen molar-refractivity contribution in [3.63, 3.8) is 0 Å². The number of carbonyl (C=O) groups excluding carboxylic acids is 2. The van der Waals surface area contributed by atoms with E-state index in [1.54, 1.807) is 13.0 Å². The lowest BCUT2D eigenvalue weighted by Gasteiger charge is -2.12. The molecule has 5 heteroatoms. The van der Waals surface area contributed by atoms with E-state index >= 15 is 0 Å². The van der Waals surface area contributed by atoms with Crippen LogP contribution >= 0.6 is 11.6 Å². The second-order valence-electron chi connectivity index (χ2n) is 3.22. The zero-order chi connectivity index (χ0) is 12.1.